The lowest BCUT2D eigenvalue weighted by atomic mass is 10.1. The van der Waals surface area contributed by atoms with Crippen LogP contribution in [0.5, 0.6) is 11.5 Å². The van der Waals surface area contributed by atoms with Gasteiger partial charge in [0.05, 0.1) is 27.2 Å². The van der Waals surface area contributed by atoms with Gasteiger partial charge in [0.2, 0.25) is 5.91 Å². The van der Waals surface area contributed by atoms with E-state index in [9.17, 15) is 14.4 Å². The fraction of sp³-hybridized carbons (Fsp3) is 0.300. The smallest absolute Gasteiger partial charge is 0.325 e. The Labute approximate surface area is 168 Å². The van der Waals surface area contributed by atoms with E-state index in [0.29, 0.717) is 23.6 Å². The summed E-state index contributed by atoms with van der Waals surface area (Å²) in [5.74, 6) is 0.279. The molecule has 0 saturated carbocycles. The molecule has 152 valence electrons. The molecule has 3 rings (SSSR count). The van der Waals surface area contributed by atoms with Gasteiger partial charge in [-0.2, -0.15) is 0 Å². The Kier molecular flexibility index (Phi) is 6.28. The van der Waals surface area contributed by atoms with Crippen molar-refractivity contribution in [3.63, 3.8) is 0 Å². The molecule has 29 heavy (non-hydrogen) atoms. The molecule has 1 aliphatic heterocycles. The van der Waals surface area contributed by atoms with Gasteiger partial charge in [-0.25, -0.2) is 4.79 Å². The molecule has 0 spiro atoms. The minimum atomic E-state index is -0.892. The van der Waals surface area contributed by atoms with Crippen molar-refractivity contribution in [2.75, 3.05) is 14.2 Å². The van der Waals surface area contributed by atoms with Crippen molar-refractivity contribution in [2.45, 2.75) is 25.6 Å². The molecule has 0 aliphatic carbocycles. The van der Waals surface area contributed by atoms with E-state index in [4.69, 9.17) is 9.47 Å². The van der Waals surface area contributed by atoms with Crippen molar-refractivity contribution in [3.8, 4) is 11.5 Å². The number of urea groups is 1. The van der Waals surface area contributed by atoms with Crippen LogP contribution in [0, 0.1) is 0 Å². The average molecular weight is 398 g/mol. The lowest BCUT2D eigenvalue weighted by molar-refractivity contribution is -0.131. The summed E-state index contributed by atoms with van der Waals surface area (Å²) in [6.45, 7) is 0.371. The van der Waals surface area contributed by atoms with Gasteiger partial charge in [0, 0.05) is 18.9 Å². The van der Waals surface area contributed by atoms with E-state index >= 15 is 0 Å². The first-order valence-corrected chi connectivity index (χ1v) is 9.00. The first-order valence-electron chi connectivity index (χ1n) is 9.00. The number of methoxy groups -OCH3 is 2. The third-order valence-corrected chi connectivity index (χ3v) is 4.50. The van der Waals surface area contributed by atoms with E-state index in [1.807, 2.05) is 6.07 Å². The second-order valence-corrected chi connectivity index (χ2v) is 6.46. The Bertz CT molecular complexity index is 903. The molecule has 1 aromatic heterocycles. The van der Waals surface area contributed by atoms with Crippen LogP contribution >= 0.6 is 0 Å². The zero-order valence-electron chi connectivity index (χ0n) is 16.2. The van der Waals surface area contributed by atoms with Gasteiger partial charge in [-0.05, 0) is 29.3 Å². The zero-order valence-corrected chi connectivity index (χ0v) is 16.2. The van der Waals surface area contributed by atoms with Gasteiger partial charge < -0.3 is 20.1 Å². The molecule has 1 unspecified atom stereocenters. The van der Waals surface area contributed by atoms with Gasteiger partial charge in [0.15, 0.2) is 11.5 Å². The maximum atomic E-state index is 12.6. The molecule has 1 fully saturated rings. The van der Waals surface area contributed by atoms with Gasteiger partial charge in [0.25, 0.3) is 5.91 Å². The summed E-state index contributed by atoms with van der Waals surface area (Å²) in [5, 5.41) is 5.28. The van der Waals surface area contributed by atoms with Crippen molar-refractivity contribution in [1.82, 2.24) is 20.5 Å². The highest BCUT2D eigenvalue weighted by molar-refractivity contribution is 6.05. The van der Waals surface area contributed by atoms with Crippen LogP contribution in [0.15, 0.2) is 42.7 Å². The molecule has 1 atom stereocenters. The molecule has 2 N–H and O–H groups in total. The van der Waals surface area contributed by atoms with Crippen LogP contribution in [0.4, 0.5) is 4.79 Å². The summed E-state index contributed by atoms with van der Waals surface area (Å²) in [4.78, 5) is 42.1. The molecule has 2 aromatic rings. The van der Waals surface area contributed by atoms with Crippen LogP contribution in [0.3, 0.4) is 0 Å². The van der Waals surface area contributed by atoms with Crippen molar-refractivity contribution >= 4 is 17.8 Å². The van der Waals surface area contributed by atoms with Gasteiger partial charge in [-0.15, -0.1) is 0 Å². The number of ether oxygens (including phenoxy) is 2. The molecule has 0 radical (unpaired) electrons. The summed E-state index contributed by atoms with van der Waals surface area (Å²) in [6.07, 6.45) is 3.16. The predicted octanol–water partition coefficient (Wildman–Crippen LogP) is 1.23. The van der Waals surface area contributed by atoms with E-state index in [2.05, 4.69) is 15.6 Å². The second kappa shape index (κ2) is 9.05. The highest BCUT2D eigenvalue weighted by Crippen LogP contribution is 2.28. The quantitative estimate of drug-likeness (QED) is 0.647. The van der Waals surface area contributed by atoms with E-state index < -0.39 is 18.0 Å². The Morgan fingerprint density at radius 3 is 2.66 bits per heavy atom. The lowest BCUT2D eigenvalue weighted by Gasteiger charge is -2.15. The number of nitrogens with one attached hydrogen (secondary N) is 2. The number of carbonyl (C=O) groups is 3. The number of hydrogen-bond acceptors (Lipinski definition) is 6. The molecular formula is C20H22N4O5. The van der Waals surface area contributed by atoms with Crippen LogP contribution in [0.1, 0.15) is 17.5 Å². The minimum absolute atomic E-state index is 0.0683. The van der Waals surface area contributed by atoms with E-state index in [1.165, 1.54) is 14.2 Å². The zero-order chi connectivity index (χ0) is 20.8. The second-order valence-electron chi connectivity index (χ2n) is 6.46. The Balaban J connectivity index is 1.58. The van der Waals surface area contributed by atoms with Crippen LogP contribution < -0.4 is 20.1 Å². The molecular weight excluding hydrogens is 376 g/mol. The summed E-state index contributed by atoms with van der Waals surface area (Å²) in [7, 11) is 3.04. The standard InChI is InChI=1S/C20H22N4O5/c1-28-16-6-5-13(8-17(16)29-2)12-24-19(26)15(23-20(24)27)9-18(25)22-11-14-4-3-7-21-10-14/h3-8,10,15H,9,11-12H2,1-2H3,(H,22,25)(H,23,27). The molecule has 4 amide bonds. The van der Waals surface area contributed by atoms with Crippen molar-refractivity contribution in [2.24, 2.45) is 0 Å². The third-order valence-electron chi connectivity index (χ3n) is 4.50. The number of carbonyl (C=O) groups excluding carboxylic acids is 3. The molecule has 0 bridgehead atoms. The topological polar surface area (TPSA) is 110 Å². The number of rotatable bonds is 8. The van der Waals surface area contributed by atoms with Crippen LogP contribution in [-0.2, 0) is 22.7 Å². The summed E-state index contributed by atoms with van der Waals surface area (Å²) in [5.41, 5.74) is 1.55. The summed E-state index contributed by atoms with van der Waals surface area (Å²) < 4.78 is 10.4. The molecule has 1 aliphatic rings. The maximum Gasteiger partial charge on any atom is 0.325 e. The largest absolute Gasteiger partial charge is 0.493 e. The monoisotopic (exact) mass is 398 g/mol. The number of nitrogens with zero attached hydrogens (tertiary/aromatic N) is 2. The number of pyridine rings is 1. The SMILES string of the molecule is COc1ccc(CN2C(=O)NC(CC(=O)NCc3cccnc3)C2=O)cc1OC. The van der Waals surface area contributed by atoms with Crippen LogP contribution in [-0.4, -0.2) is 48.0 Å². The van der Waals surface area contributed by atoms with Crippen LogP contribution in [0.25, 0.3) is 0 Å². The average Bonchev–Trinajstić information content (AvgIpc) is 3.00. The first kappa shape index (κ1) is 20.1. The van der Waals surface area contributed by atoms with Gasteiger partial charge >= 0.3 is 6.03 Å². The van der Waals surface area contributed by atoms with E-state index in [-0.39, 0.29) is 18.9 Å². The van der Waals surface area contributed by atoms with E-state index in [0.717, 1.165) is 10.5 Å². The lowest BCUT2D eigenvalue weighted by Crippen LogP contribution is -2.36. The molecule has 1 saturated heterocycles. The Hall–Kier alpha value is -3.62. The summed E-state index contributed by atoms with van der Waals surface area (Å²) >= 11 is 0. The van der Waals surface area contributed by atoms with Gasteiger partial charge in [-0.1, -0.05) is 12.1 Å². The number of amides is 4. The van der Waals surface area contributed by atoms with Crippen molar-refractivity contribution in [3.05, 3.63) is 53.9 Å². The van der Waals surface area contributed by atoms with Gasteiger partial charge in [-0.3, -0.25) is 19.5 Å². The molecule has 9 nitrogen and oxygen atoms in total. The highest BCUT2D eigenvalue weighted by atomic mass is 16.5. The van der Waals surface area contributed by atoms with Crippen molar-refractivity contribution in [1.29, 1.82) is 0 Å². The number of aromatic nitrogens is 1. The van der Waals surface area contributed by atoms with E-state index in [1.54, 1.807) is 36.7 Å². The number of imide groups is 1. The van der Waals surface area contributed by atoms with Crippen molar-refractivity contribution < 1.29 is 23.9 Å². The predicted molar refractivity (Wildman–Crippen MR) is 103 cm³/mol. The molecule has 2 heterocycles. The maximum absolute atomic E-state index is 12.6. The van der Waals surface area contributed by atoms with Gasteiger partial charge in [0.1, 0.15) is 6.04 Å². The fourth-order valence-electron chi connectivity index (χ4n) is 2.99. The van der Waals surface area contributed by atoms with Crippen LogP contribution in [0.2, 0.25) is 0 Å². The summed E-state index contributed by atoms with van der Waals surface area (Å²) in [6, 6.07) is 7.33. The highest BCUT2D eigenvalue weighted by Gasteiger charge is 2.39. The molecule has 9 heteroatoms. The number of hydrogen-bond donors (Lipinski definition) is 2. The number of benzene rings is 1. The molecule has 1 aromatic carbocycles. The minimum Gasteiger partial charge on any atom is -0.493 e. The Morgan fingerprint density at radius 2 is 1.97 bits per heavy atom. The Morgan fingerprint density at radius 1 is 1.17 bits per heavy atom. The third kappa shape index (κ3) is 4.81. The fourth-order valence-corrected chi connectivity index (χ4v) is 2.99. The normalized spacial score (nSPS) is 15.8. The first-order chi connectivity index (χ1) is 14.0.